The molecule has 0 saturated carbocycles. The predicted octanol–water partition coefficient (Wildman–Crippen LogP) is 3.83. The molecule has 0 aromatic heterocycles. The molecule has 0 amide bonds. The largest absolute Gasteiger partial charge is 0.497 e. The highest BCUT2D eigenvalue weighted by Crippen LogP contribution is 2.20. The first-order valence-electron chi connectivity index (χ1n) is 9.80. The van der Waals surface area contributed by atoms with E-state index < -0.39 is 0 Å². The van der Waals surface area contributed by atoms with Crippen LogP contribution in [0.2, 0.25) is 0 Å². The lowest BCUT2D eigenvalue weighted by atomic mass is 9.96. The fraction of sp³-hybridized carbons (Fsp3) is 0.667. The number of nitrogens with zero attached hydrogens (tertiary/aromatic N) is 2. The third-order valence-corrected chi connectivity index (χ3v) is 6.54. The van der Waals surface area contributed by atoms with Gasteiger partial charge in [-0.25, -0.2) is 0 Å². The first-order chi connectivity index (χ1) is 13.0. The highest BCUT2D eigenvalue weighted by atomic mass is 127. The van der Waals surface area contributed by atoms with Crippen LogP contribution in [0.15, 0.2) is 29.3 Å². The molecule has 2 N–H and O–H groups in total. The van der Waals surface area contributed by atoms with Gasteiger partial charge >= 0.3 is 0 Å². The zero-order valence-corrected chi connectivity index (χ0v) is 21.1. The number of nitrogens with one attached hydrogen (secondary N) is 2. The summed E-state index contributed by atoms with van der Waals surface area (Å²) in [6.45, 7) is 9.74. The van der Waals surface area contributed by atoms with Crippen LogP contribution in [-0.4, -0.2) is 62.2 Å². The minimum atomic E-state index is 0. The molecular weight excluding hydrogens is 483 g/mol. The summed E-state index contributed by atoms with van der Waals surface area (Å²) in [5.41, 5.74) is 1.35. The normalized spacial score (nSPS) is 16.4. The number of ether oxygens (including phenoxy) is 1. The summed E-state index contributed by atoms with van der Waals surface area (Å²) in [5, 5.41) is 6.96. The summed E-state index contributed by atoms with van der Waals surface area (Å²) in [5.74, 6) is 2.55. The predicted molar refractivity (Wildman–Crippen MR) is 133 cm³/mol. The average molecular weight is 521 g/mol. The second-order valence-electron chi connectivity index (χ2n) is 7.84. The van der Waals surface area contributed by atoms with Crippen molar-refractivity contribution in [2.45, 2.75) is 38.0 Å². The molecular formula is C21H37IN4OS. The second-order valence-corrected chi connectivity index (χ2v) is 9.35. The summed E-state index contributed by atoms with van der Waals surface area (Å²) in [7, 11) is 3.56. The smallest absolute Gasteiger partial charge is 0.191 e. The molecule has 0 unspecified atom stereocenters. The molecule has 1 aliphatic heterocycles. The molecule has 7 heteroatoms. The van der Waals surface area contributed by atoms with E-state index in [2.05, 4.69) is 52.8 Å². The number of benzene rings is 1. The monoisotopic (exact) mass is 520 g/mol. The van der Waals surface area contributed by atoms with Crippen molar-refractivity contribution in [1.82, 2.24) is 15.5 Å². The van der Waals surface area contributed by atoms with Crippen LogP contribution in [0.25, 0.3) is 0 Å². The highest BCUT2D eigenvalue weighted by Gasteiger charge is 2.20. The number of aliphatic imine (C=N–C) groups is 1. The minimum absolute atomic E-state index is 0. The van der Waals surface area contributed by atoms with E-state index in [9.17, 15) is 0 Å². The molecule has 1 aromatic carbocycles. The van der Waals surface area contributed by atoms with E-state index in [0.717, 1.165) is 44.4 Å². The number of likely N-dealkylation sites (tertiary alicyclic amines) is 1. The molecule has 5 nitrogen and oxygen atoms in total. The van der Waals surface area contributed by atoms with Gasteiger partial charge in [0.25, 0.3) is 0 Å². The van der Waals surface area contributed by atoms with Gasteiger partial charge in [0.05, 0.1) is 7.11 Å². The van der Waals surface area contributed by atoms with Crippen LogP contribution >= 0.6 is 35.7 Å². The number of thioether (sulfide) groups is 1. The topological polar surface area (TPSA) is 48.9 Å². The van der Waals surface area contributed by atoms with Gasteiger partial charge in [0, 0.05) is 31.4 Å². The summed E-state index contributed by atoms with van der Waals surface area (Å²) in [6, 6.07) is 8.42. The van der Waals surface area contributed by atoms with Gasteiger partial charge < -0.3 is 15.4 Å². The van der Waals surface area contributed by atoms with Crippen molar-refractivity contribution in [1.29, 1.82) is 0 Å². The molecule has 0 atom stereocenters. The fourth-order valence-corrected chi connectivity index (χ4v) is 3.38. The Balaban J connectivity index is 0.00000392. The maximum Gasteiger partial charge on any atom is 0.191 e. The Hall–Kier alpha value is -0.670. The van der Waals surface area contributed by atoms with Crippen LogP contribution in [0.3, 0.4) is 0 Å². The van der Waals surface area contributed by atoms with Crippen LogP contribution in [-0.2, 0) is 6.54 Å². The third-order valence-electron chi connectivity index (χ3n) is 5.29. The molecule has 1 fully saturated rings. The van der Waals surface area contributed by atoms with Gasteiger partial charge in [-0.15, -0.1) is 24.0 Å². The van der Waals surface area contributed by atoms with Gasteiger partial charge in [-0.05, 0) is 69.6 Å². The lowest BCUT2D eigenvalue weighted by molar-refractivity contribution is 0.178. The Morgan fingerprint density at radius 3 is 2.39 bits per heavy atom. The molecule has 2 rings (SSSR count). The van der Waals surface area contributed by atoms with E-state index in [1.807, 2.05) is 30.9 Å². The first-order valence-corrected chi connectivity index (χ1v) is 11.0. The van der Waals surface area contributed by atoms with Gasteiger partial charge in [-0.1, -0.05) is 12.1 Å². The standard InChI is InChI=1S/C21H36N4OS.HI/c1-21(2,27-5)16-24-20(22-3)23-14-17-10-12-25(13-11-17)15-18-6-8-19(26-4)9-7-18;/h6-9,17H,10-16H2,1-5H3,(H2,22,23,24);1H. The van der Waals surface area contributed by atoms with Crippen LogP contribution in [0.1, 0.15) is 32.3 Å². The number of halogens is 1. The Morgan fingerprint density at radius 2 is 1.86 bits per heavy atom. The van der Waals surface area contributed by atoms with Crippen molar-refractivity contribution in [3.8, 4) is 5.75 Å². The summed E-state index contributed by atoms with van der Waals surface area (Å²) in [6.07, 6.45) is 4.62. The molecule has 1 saturated heterocycles. The number of piperidine rings is 1. The molecule has 160 valence electrons. The fourth-order valence-electron chi connectivity index (χ4n) is 3.17. The van der Waals surface area contributed by atoms with Crippen LogP contribution < -0.4 is 15.4 Å². The Kier molecular flexibility index (Phi) is 11.6. The van der Waals surface area contributed by atoms with Gasteiger partial charge in [0.1, 0.15) is 5.75 Å². The number of methoxy groups -OCH3 is 1. The number of guanidine groups is 1. The quantitative estimate of drug-likeness (QED) is 0.310. The van der Waals surface area contributed by atoms with E-state index in [0.29, 0.717) is 5.92 Å². The molecule has 1 aliphatic rings. The van der Waals surface area contributed by atoms with Crippen molar-refractivity contribution in [2.24, 2.45) is 10.9 Å². The van der Waals surface area contributed by atoms with E-state index in [1.54, 1.807) is 7.11 Å². The number of rotatable bonds is 8. The lowest BCUT2D eigenvalue weighted by Crippen LogP contribution is -2.45. The van der Waals surface area contributed by atoms with E-state index in [-0.39, 0.29) is 28.7 Å². The molecule has 0 aliphatic carbocycles. The molecule has 28 heavy (non-hydrogen) atoms. The maximum absolute atomic E-state index is 5.23. The Bertz CT molecular complexity index is 587. The van der Waals surface area contributed by atoms with Gasteiger partial charge in [0.2, 0.25) is 0 Å². The zero-order valence-electron chi connectivity index (χ0n) is 18.0. The summed E-state index contributed by atoms with van der Waals surface area (Å²) < 4.78 is 5.45. The summed E-state index contributed by atoms with van der Waals surface area (Å²) >= 11 is 1.87. The molecule has 0 bridgehead atoms. The Morgan fingerprint density at radius 1 is 1.21 bits per heavy atom. The first kappa shape index (κ1) is 25.4. The zero-order chi connectivity index (χ0) is 19.7. The van der Waals surface area contributed by atoms with E-state index in [4.69, 9.17) is 4.74 Å². The average Bonchev–Trinajstić information content (AvgIpc) is 2.70. The van der Waals surface area contributed by atoms with E-state index >= 15 is 0 Å². The second kappa shape index (κ2) is 12.8. The maximum atomic E-state index is 5.23. The summed E-state index contributed by atoms with van der Waals surface area (Å²) in [4.78, 5) is 6.91. The van der Waals surface area contributed by atoms with Crippen molar-refractivity contribution in [3.63, 3.8) is 0 Å². The molecule has 1 aromatic rings. The SMILES string of the molecule is CN=C(NCC1CCN(Cc2ccc(OC)cc2)CC1)NCC(C)(C)SC.I. The third kappa shape index (κ3) is 8.78. The number of hydrogen-bond donors (Lipinski definition) is 2. The highest BCUT2D eigenvalue weighted by molar-refractivity contribution is 14.0. The molecule has 0 spiro atoms. The van der Waals surface area contributed by atoms with Crippen LogP contribution in [0.5, 0.6) is 5.75 Å². The van der Waals surface area contributed by atoms with Crippen LogP contribution in [0.4, 0.5) is 0 Å². The molecule has 0 radical (unpaired) electrons. The van der Waals surface area contributed by atoms with Crippen molar-refractivity contribution in [2.75, 3.05) is 46.6 Å². The minimum Gasteiger partial charge on any atom is -0.497 e. The van der Waals surface area contributed by atoms with Crippen molar-refractivity contribution < 1.29 is 4.74 Å². The van der Waals surface area contributed by atoms with Gasteiger partial charge in [0.15, 0.2) is 5.96 Å². The molecule has 1 heterocycles. The van der Waals surface area contributed by atoms with Crippen LogP contribution in [0, 0.1) is 5.92 Å². The lowest BCUT2D eigenvalue weighted by Gasteiger charge is -2.32. The Labute approximate surface area is 192 Å². The number of hydrogen-bond acceptors (Lipinski definition) is 4. The van der Waals surface area contributed by atoms with Gasteiger partial charge in [-0.3, -0.25) is 9.89 Å². The van der Waals surface area contributed by atoms with Crippen molar-refractivity contribution in [3.05, 3.63) is 29.8 Å². The van der Waals surface area contributed by atoms with E-state index in [1.165, 1.54) is 18.4 Å². The van der Waals surface area contributed by atoms with Gasteiger partial charge in [-0.2, -0.15) is 11.8 Å². The van der Waals surface area contributed by atoms with Crippen molar-refractivity contribution >= 4 is 41.7 Å².